The molecule has 7 nitrogen and oxygen atoms in total. The molecule has 0 atom stereocenters. The normalized spacial score (nSPS) is 14.2. The molecular weight excluding hydrogens is 340 g/mol. The number of aromatic nitrogens is 1. The van der Waals surface area contributed by atoms with Gasteiger partial charge in [-0.05, 0) is 26.0 Å². The molecule has 8 heteroatoms. The standard InChI is InChI=1S/C17H20N4O3S/c1-11-7-12(2)9-13(8-11)15(22)19-20-16(23)14-10-25-17(18-14)21-3-5-24-6-4-21/h7-10H,3-6H2,1-2H3,(H,19,22)(H,20,23). The van der Waals surface area contributed by atoms with Crippen molar-refractivity contribution in [3.05, 3.63) is 46.0 Å². The van der Waals surface area contributed by atoms with E-state index in [4.69, 9.17) is 4.74 Å². The van der Waals surface area contributed by atoms with Gasteiger partial charge in [0.05, 0.1) is 13.2 Å². The van der Waals surface area contributed by atoms with E-state index in [1.807, 2.05) is 19.9 Å². The van der Waals surface area contributed by atoms with Gasteiger partial charge in [0.25, 0.3) is 11.8 Å². The van der Waals surface area contributed by atoms with Crippen molar-refractivity contribution in [2.45, 2.75) is 13.8 Å². The first-order chi connectivity index (χ1) is 12.0. The molecule has 0 bridgehead atoms. The van der Waals surface area contributed by atoms with Crippen LogP contribution in [0.15, 0.2) is 23.6 Å². The van der Waals surface area contributed by atoms with E-state index in [1.54, 1.807) is 17.5 Å². The minimum Gasteiger partial charge on any atom is -0.378 e. The Labute approximate surface area is 150 Å². The highest BCUT2D eigenvalue weighted by Gasteiger charge is 2.18. The number of carbonyl (C=O) groups is 2. The van der Waals surface area contributed by atoms with Gasteiger partial charge in [-0.15, -0.1) is 11.3 Å². The Hall–Kier alpha value is -2.45. The van der Waals surface area contributed by atoms with Crippen LogP contribution in [0.2, 0.25) is 0 Å². The predicted molar refractivity (Wildman–Crippen MR) is 96.0 cm³/mol. The molecule has 1 aliphatic heterocycles. The Morgan fingerprint density at radius 3 is 2.40 bits per heavy atom. The van der Waals surface area contributed by atoms with Crippen molar-refractivity contribution in [3.8, 4) is 0 Å². The number of hydrogen-bond acceptors (Lipinski definition) is 6. The summed E-state index contributed by atoms with van der Waals surface area (Å²) in [4.78, 5) is 30.8. The van der Waals surface area contributed by atoms with E-state index in [1.165, 1.54) is 11.3 Å². The Morgan fingerprint density at radius 2 is 1.72 bits per heavy atom. The maximum Gasteiger partial charge on any atom is 0.289 e. The zero-order chi connectivity index (χ0) is 17.8. The van der Waals surface area contributed by atoms with Crippen molar-refractivity contribution in [3.63, 3.8) is 0 Å². The maximum absolute atomic E-state index is 12.2. The number of thiazole rings is 1. The lowest BCUT2D eigenvalue weighted by molar-refractivity contribution is 0.0844. The van der Waals surface area contributed by atoms with Gasteiger partial charge in [-0.25, -0.2) is 4.98 Å². The molecule has 2 aromatic rings. The molecule has 2 heterocycles. The third-order valence-corrected chi connectivity index (χ3v) is 4.68. The molecule has 0 aliphatic carbocycles. The van der Waals surface area contributed by atoms with Crippen molar-refractivity contribution < 1.29 is 14.3 Å². The molecule has 1 aliphatic rings. The van der Waals surface area contributed by atoms with Gasteiger partial charge < -0.3 is 9.64 Å². The van der Waals surface area contributed by atoms with Crippen molar-refractivity contribution in [2.75, 3.05) is 31.2 Å². The van der Waals surface area contributed by atoms with Gasteiger partial charge in [0.2, 0.25) is 0 Å². The molecule has 0 saturated carbocycles. The van der Waals surface area contributed by atoms with Crippen molar-refractivity contribution in [2.24, 2.45) is 0 Å². The van der Waals surface area contributed by atoms with Crippen molar-refractivity contribution >= 4 is 28.3 Å². The molecular formula is C17H20N4O3S. The molecule has 1 saturated heterocycles. The number of nitrogens with one attached hydrogen (secondary N) is 2. The number of anilines is 1. The monoisotopic (exact) mass is 360 g/mol. The molecule has 2 amide bonds. The molecule has 1 fully saturated rings. The first kappa shape index (κ1) is 17.4. The maximum atomic E-state index is 12.2. The fourth-order valence-electron chi connectivity index (χ4n) is 2.62. The Balaban J connectivity index is 1.59. The van der Waals surface area contributed by atoms with Gasteiger partial charge in [-0.1, -0.05) is 17.2 Å². The summed E-state index contributed by atoms with van der Waals surface area (Å²) in [5, 5.41) is 2.47. The van der Waals surface area contributed by atoms with Crippen LogP contribution in [-0.2, 0) is 4.74 Å². The molecule has 2 N–H and O–H groups in total. The van der Waals surface area contributed by atoms with Gasteiger partial charge >= 0.3 is 0 Å². The Bertz CT molecular complexity index is 764. The number of hydrogen-bond donors (Lipinski definition) is 2. The number of carbonyl (C=O) groups excluding carboxylic acids is 2. The second-order valence-electron chi connectivity index (χ2n) is 5.90. The zero-order valence-corrected chi connectivity index (χ0v) is 15.0. The fraction of sp³-hybridized carbons (Fsp3) is 0.353. The van der Waals surface area contributed by atoms with Crippen LogP contribution in [-0.4, -0.2) is 43.1 Å². The van der Waals surface area contributed by atoms with E-state index in [0.29, 0.717) is 18.8 Å². The molecule has 3 rings (SSSR count). The quantitative estimate of drug-likeness (QED) is 0.814. The summed E-state index contributed by atoms with van der Waals surface area (Å²) in [6.45, 7) is 6.69. The number of benzene rings is 1. The number of morpholine rings is 1. The summed E-state index contributed by atoms with van der Waals surface area (Å²) in [5.74, 6) is -0.794. The van der Waals surface area contributed by atoms with E-state index in [0.717, 1.165) is 29.3 Å². The van der Waals surface area contributed by atoms with Crippen molar-refractivity contribution in [1.29, 1.82) is 0 Å². The molecule has 1 aromatic heterocycles. The number of ether oxygens (including phenoxy) is 1. The zero-order valence-electron chi connectivity index (χ0n) is 14.2. The van der Waals surface area contributed by atoms with Gasteiger partial charge in [-0.3, -0.25) is 20.4 Å². The molecule has 25 heavy (non-hydrogen) atoms. The smallest absolute Gasteiger partial charge is 0.289 e. The predicted octanol–water partition coefficient (Wildman–Crippen LogP) is 1.67. The summed E-state index contributed by atoms with van der Waals surface area (Å²) in [6.07, 6.45) is 0. The van der Waals surface area contributed by atoms with Crippen LogP contribution in [0.25, 0.3) is 0 Å². The minimum atomic E-state index is -0.437. The van der Waals surface area contributed by atoms with Crippen LogP contribution in [0.3, 0.4) is 0 Å². The van der Waals surface area contributed by atoms with Crippen LogP contribution in [0, 0.1) is 13.8 Å². The molecule has 0 radical (unpaired) electrons. The lowest BCUT2D eigenvalue weighted by atomic mass is 10.1. The average molecular weight is 360 g/mol. The third-order valence-electron chi connectivity index (χ3n) is 3.78. The summed E-state index contributed by atoms with van der Waals surface area (Å²) in [5.41, 5.74) is 7.62. The molecule has 1 aromatic carbocycles. The highest BCUT2D eigenvalue weighted by molar-refractivity contribution is 7.13. The van der Waals surface area contributed by atoms with Gasteiger partial charge in [-0.2, -0.15) is 0 Å². The summed E-state index contributed by atoms with van der Waals surface area (Å²) < 4.78 is 5.31. The fourth-order valence-corrected chi connectivity index (χ4v) is 3.48. The Morgan fingerprint density at radius 1 is 1.08 bits per heavy atom. The van der Waals surface area contributed by atoms with E-state index < -0.39 is 5.91 Å². The van der Waals surface area contributed by atoms with Crippen molar-refractivity contribution in [1.82, 2.24) is 15.8 Å². The van der Waals surface area contributed by atoms with Gasteiger partial charge in [0, 0.05) is 24.0 Å². The van der Waals surface area contributed by atoms with E-state index in [-0.39, 0.29) is 11.6 Å². The van der Waals surface area contributed by atoms with Crippen LogP contribution < -0.4 is 15.8 Å². The average Bonchev–Trinajstić information content (AvgIpc) is 3.09. The number of hydrazine groups is 1. The SMILES string of the molecule is Cc1cc(C)cc(C(=O)NNC(=O)c2csc(N3CCOCC3)n2)c1. The van der Waals surface area contributed by atoms with E-state index in [9.17, 15) is 9.59 Å². The van der Waals surface area contributed by atoms with Crippen LogP contribution in [0.1, 0.15) is 32.0 Å². The van der Waals surface area contributed by atoms with Crippen LogP contribution in [0.5, 0.6) is 0 Å². The summed E-state index contributed by atoms with van der Waals surface area (Å²) in [7, 11) is 0. The molecule has 132 valence electrons. The number of nitrogens with zero attached hydrogens (tertiary/aromatic N) is 2. The minimum absolute atomic E-state index is 0.284. The van der Waals surface area contributed by atoms with E-state index in [2.05, 4.69) is 20.7 Å². The largest absolute Gasteiger partial charge is 0.378 e. The third kappa shape index (κ3) is 4.34. The summed E-state index contributed by atoms with van der Waals surface area (Å²) in [6, 6.07) is 5.53. The van der Waals surface area contributed by atoms with E-state index >= 15 is 0 Å². The lowest BCUT2D eigenvalue weighted by Crippen LogP contribution is -2.42. The second kappa shape index (κ2) is 7.62. The van der Waals surface area contributed by atoms with Crippen LogP contribution >= 0.6 is 11.3 Å². The topological polar surface area (TPSA) is 83.6 Å². The number of rotatable bonds is 3. The Kier molecular flexibility index (Phi) is 5.30. The van der Waals surface area contributed by atoms with Crippen LogP contribution in [0.4, 0.5) is 5.13 Å². The highest BCUT2D eigenvalue weighted by Crippen LogP contribution is 2.21. The molecule has 0 unspecified atom stereocenters. The van der Waals surface area contributed by atoms with Gasteiger partial charge in [0.15, 0.2) is 5.13 Å². The number of amides is 2. The first-order valence-corrected chi connectivity index (χ1v) is 8.88. The highest BCUT2D eigenvalue weighted by atomic mass is 32.1. The first-order valence-electron chi connectivity index (χ1n) is 8.00. The number of aryl methyl sites for hydroxylation is 2. The lowest BCUT2D eigenvalue weighted by Gasteiger charge is -2.25. The molecule has 0 spiro atoms. The summed E-state index contributed by atoms with van der Waals surface area (Å²) >= 11 is 1.40. The van der Waals surface area contributed by atoms with Gasteiger partial charge in [0.1, 0.15) is 5.69 Å². The second-order valence-corrected chi connectivity index (χ2v) is 6.74.